The van der Waals surface area contributed by atoms with Crippen molar-refractivity contribution in [1.82, 2.24) is 0 Å². The van der Waals surface area contributed by atoms with Gasteiger partial charge in [0.15, 0.2) is 9.84 Å². The molecule has 3 atom stereocenters. The summed E-state index contributed by atoms with van der Waals surface area (Å²) in [5, 5.41) is 8.85. The number of sulfone groups is 1. The normalized spacial score (nSPS) is 27.0. The van der Waals surface area contributed by atoms with Gasteiger partial charge in [0, 0.05) is 6.61 Å². The van der Waals surface area contributed by atoms with Gasteiger partial charge in [-0.05, 0) is 44.2 Å². The monoisotopic (exact) mass is 438 g/mol. The van der Waals surface area contributed by atoms with Gasteiger partial charge in [0.05, 0.1) is 24.2 Å². The van der Waals surface area contributed by atoms with E-state index in [0.717, 1.165) is 44.9 Å². The molecule has 2 aliphatic rings. The highest BCUT2D eigenvalue weighted by molar-refractivity contribution is 7.93. The summed E-state index contributed by atoms with van der Waals surface area (Å²) in [6.07, 6.45) is 11.1. The first-order valence-corrected chi connectivity index (χ1v) is 13.2. The molecule has 1 saturated heterocycles. The average Bonchev–Trinajstić information content (AvgIpc) is 2.78. The molecule has 2 fully saturated rings. The predicted octanol–water partition coefficient (Wildman–Crippen LogP) is 4.67. The first-order valence-electron chi connectivity index (χ1n) is 11.8. The molecule has 0 spiro atoms. The quantitative estimate of drug-likeness (QED) is 0.480. The maximum atomic E-state index is 13.9. The molecule has 5 nitrogen and oxygen atoms in total. The van der Waals surface area contributed by atoms with E-state index in [1.165, 1.54) is 19.3 Å². The van der Waals surface area contributed by atoms with Gasteiger partial charge in [-0.1, -0.05) is 63.1 Å². The Morgan fingerprint density at radius 2 is 1.53 bits per heavy atom. The van der Waals surface area contributed by atoms with E-state index in [2.05, 4.69) is 0 Å². The molecule has 1 saturated carbocycles. The molecule has 1 aromatic rings. The summed E-state index contributed by atoms with van der Waals surface area (Å²) in [5.41, 5.74) is 0. The third-order valence-corrected chi connectivity index (χ3v) is 9.36. The Labute approximate surface area is 182 Å². The lowest BCUT2D eigenvalue weighted by Gasteiger charge is -2.48. The van der Waals surface area contributed by atoms with Crippen LogP contribution in [0.3, 0.4) is 0 Å². The molecule has 6 heteroatoms. The number of rotatable bonds is 12. The number of fused-ring (bicyclic) bond motifs is 1. The highest BCUT2D eigenvalue weighted by Crippen LogP contribution is 2.46. The number of hydrogen-bond acceptors (Lipinski definition) is 5. The van der Waals surface area contributed by atoms with Crippen LogP contribution in [-0.2, 0) is 19.3 Å². The van der Waals surface area contributed by atoms with Crippen molar-refractivity contribution in [1.29, 1.82) is 0 Å². The summed E-state index contributed by atoms with van der Waals surface area (Å²) >= 11 is 0. The first-order chi connectivity index (χ1) is 14.6. The Balaban J connectivity index is 1.67. The third-order valence-electron chi connectivity index (χ3n) is 6.75. The first kappa shape index (κ1) is 23.7. The number of unbranched alkanes of at least 4 members (excludes halogenated alkanes) is 7. The molecule has 170 valence electrons. The molecule has 3 rings (SSSR count). The predicted molar refractivity (Wildman–Crippen MR) is 118 cm³/mol. The van der Waals surface area contributed by atoms with Crippen molar-refractivity contribution in [3.8, 4) is 0 Å². The lowest BCUT2D eigenvalue weighted by atomic mass is 9.79. The van der Waals surface area contributed by atoms with E-state index >= 15 is 0 Å². The van der Waals surface area contributed by atoms with Crippen LogP contribution in [0, 0.1) is 0 Å². The van der Waals surface area contributed by atoms with E-state index in [-0.39, 0.29) is 18.8 Å². The van der Waals surface area contributed by atoms with Gasteiger partial charge in [-0.3, -0.25) is 0 Å². The van der Waals surface area contributed by atoms with Crippen LogP contribution >= 0.6 is 0 Å². The summed E-state index contributed by atoms with van der Waals surface area (Å²) in [4.78, 5) is 0.406. The van der Waals surface area contributed by atoms with Gasteiger partial charge in [0.25, 0.3) is 0 Å². The van der Waals surface area contributed by atoms with Crippen molar-refractivity contribution in [3.05, 3.63) is 30.3 Å². The summed E-state index contributed by atoms with van der Waals surface area (Å²) < 4.78 is 38.9. The van der Waals surface area contributed by atoms with Gasteiger partial charge in [0.2, 0.25) is 0 Å². The van der Waals surface area contributed by atoms with Crippen LogP contribution in [0.15, 0.2) is 35.2 Å². The van der Waals surface area contributed by atoms with Crippen LogP contribution in [0.4, 0.5) is 0 Å². The Morgan fingerprint density at radius 1 is 0.900 bits per heavy atom. The molecule has 30 heavy (non-hydrogen) atoms. The van der Waals surface area contributed by atoms with Crippen molar-refractivity contribution in [2.45, 2.75) is 98.9 Å². The molecule has 0 radical (unpaired) electrons. The lowest BCUT2D eigenvalue weighted by Crippen LogP contribution is -2.60. The molecule has 1 aromatic carbocycles. The standard InChI is InChI=1S/C24H38O5S/c25-18-11-6-4-2-1-3-5-10-16-24(30(26,27)21-13-8-7-9-14-21)17-12-15-22-23(24)29-20-19-28-22/h7-9,13-14,22-23,25H,1-6,10-12,15-20H2. The van der Waals surface area contributed by atoms with E-state index in [1.807, 2.05) is 6.07 Å². The van der Waals surface area contributed by atoms with Gasteiger partial charge in [-0.2, -0.15) is 0 Å². The number of benzene rings is 1. The molecule has 0 amide bonds. The topological polar surface area (TPSA) is 72.8 Å². The van der Waals surface area contributed by atoms with Crippen molar-refractivity contribution < 1.29 is 23.0 Å². The molecule has 1 N–H and O–H groups in total. The minimum atomic E-state index is -3.53. The van der Waals surface area contributed by atoms with Crippen LogP contribution < -0.4 is 0 Å². The fourth-order valence-corrected chi connectivity index (χ4v) is 7.50. The van der Waals surface area contributed by atoms with Gasteiger partial charge >= 0.3 is 0 Å². The minimum Gasteiger partial charge on any atom is -0.396 e. The molecule has 0 bridgehead atoms. The second-order valence-corrected chi connectivity index (χ2v) is 11.1. The second kappa shape index (κ2) is 11.6. The van der Waals surface area contributed by atoms with E-state index in [0.29, 0.717) is 31.0 Å². The van der Waals surface area contributed by atoms with Gasteiger partial charge < -0.3 is 14.6 Å². The molecule has 1 aliphatic carbocycles. The van der Waals surface area contributed by atoms with Crippen molar-refractivity contribution >= 4 is 9.84 Å². The van der Waals surface area contributed by atoms with Crippen molar-refractivity contribution in [2.75, 3.05) is 19.8 Å². The second-order valence-electron chi connectivity index (χ2n) is 8.78. The lowest BCUT2D eigenvalue weighted by molar-refractivity contribution is -0.168. The molecular weight excluding hydrogens is 400 g/mol. The van der Waals surface area contributed by atoms with Crippen LogP contribution in [0.2, 0.25) is 0 Å². The number of aliphatic hydroxyl groups is 1. The zero-order valence-corrected chi connectivity index (χ0v) is 19.0. The summed E-state index contributed by atoms with van der Waals surface area (Å²) in [6, 6.07) is 8.90. The van der Waals surface area contributed by atoms with E-state index in [1.54, 1.807) is 24.3 Å². The Bertz CT molecular complexity index is 718. The maximum Gasteiger partial charge on any atom is 0.186 e. The third kappa shape index (κ3) is 5.45. The molecule has 1 aliphatic heterocycles. The van der Waals surface area contributed by atoms with Crippen molar-refractivity contribution in [3.63, 3.8) is 0 Å². The average molecular weight is 439 g/mol. The van der Waals surface area contributed by atoms with Crippen LogP contribution in [-0.4, -0.2) is 50.3 Å². The van der Waals surface area contributed by atoms with Gasteiger partial charge in [-0.15, -0.1) is 0 Å². The van der Waals surface area contributed by atoms with Crippen LogP contribution in [0.5, 0.6) is 0 Å². The summed E-state index contributed by atoms with van der Waals surface area (Å²) in [5.74, 6) is 0. The molecule has 1 heterocycles. The van der Waals surface area contributed by atoms with Gasteiger partial charge in [-0.25, -0.2) is 8.42 Å². The van der Waals surface area contributed by atoms with Crippen molar-refractivity contribution in [2.24, 2.45) is 0 Å². The largest absolute Gasteiger partial charge is 0.396 e. The zero-order chi connectivity index (χ0) is 21.3. The number of hydrogen-bond donors (Lipinski definition) is 1. The van der Waals surface area contributed by atoms with Gasteiger partial charge in [0.1, 0.15) is 10.9 Å². The molecular formula is C24H38O5S. The molecule has 0 aromatic heterocycles. The number of aliphatic hydroxyl groups excluding tert-OH is 1. The SMILES string of the molecule is O=S(=O)(c1ccccc1)C1(CCCCCCCCCCO)CCCC2OCCOC21. The number of ether oxygens (including phenoxy) is 2. The summed E-state index contributed by atoms with van der Waals surface area (Å²) in [6.45, 7) is 1.31. The van der Waals surface area contributed by atoms with Crippen LogP contribution in [0.1, 0.15) is 77.0 Å². The fourth-order valence-electron chi connectivity index (χ4n) is 5.16. The molecule has 3 unspecified atom stereocenters. The Kier molecular flexibility index (Phi) is 9.17. The highest BCUT2D eigenvalue weighted by atomic mass is 32.2. The Hall–Kier alpha value is -0.950. The maximum absolute atomic E-state index is 13.9. The smallest absolute Gasteiger partial charge is 0.186 e. The van der Waals surface area contributed by atoms with E-state index in [9.17, 15) is 8.42 Å². The minimum absolute atomic E-state index is 0.113. The fraction of sp³-hybridized carbons (Fsp3) is 0.750. The Morgan fingerprint density at radius 3 is 2.23 bits per heavy atom. The van der Waals surface area contributed by atoms with Crippen LogP contribution in [0.25, 0.3) is 0 Å². The summed E-state index contributed by atoms with van der Waals surface area (Å²) in [7, 11) is -3.53. The highest BCUT2D eigenvalue weighted by Gasteiger charge is 2.56. The van der Waals surface area contributed by atoms with E-state index in [4.69, 9.17) is 14.6 Å². The zero-order valence-electron chi connectivity index (χ0n) is 18.1. The van der Waals surface area contributed by atoms with E-state index < -0.39 is 14.6 Å².